The summed E-state index contributed by atoms with van der Waals surface area (Å²) in [6.45, 7) is 4.59. The van der Waals surface area contributed by atoms with Crippen molar-refractivity contribution in [1.82, 2.24) is 0 Å². The maximum atomic E-state index is 4.67. The largest absolute Gasteiger partial charge is 0.195 e. The van der Waals surface area contributed by atoms with Gasteiger partial charge in [-0.3, -0.25) is 0 Å². The Bertz CT molecular complexity index is 1830. The molecule has 0 bridgehead atoms. The van der Waals surface area contributed by atoms with Gasteiger partial charge in [0.15, 0.2) is 0 Å². The van der Waals surface area contributed by atoms with Crippen LogP contribution in [0.1, 0.15) is 191 Å². The first kappa shape index (κ1) is 47.5. The van der Waals surface area contributed by atoms with Crippen molar-refractivity contribution in [3.63, 3.8) is 0 Å². The van der Waals surface area contributed by atoms with Crippen LogP contribution in [0, 0.1) is 11.8 Å². The summed E-state index contributed by atoms with van der Waals surface area (Å²) in [5.41, 5.74) is 9.75. The van der Waals surface area contributed by atoms with Crippen molar-refractivity contribution in [2.24, 2.45) is 21.8 Å². The molecule has 0 heterocycles. The van der Waals surface area contributed by atoms with E-state index in [0.717, 1.165) is 35.0 Å². The van der Waals surface area contributed by atoms with Gasteiger partial charge >= 0.3 is 0 Å². The average molecular weight is 839 g/mol. The molecule has 0 aromatic heterocycles. The van der Waals surface area contributed by atoms with Crippen molar-refractivity contribution in [3.05, 3.63) is 108 Å². The highest BCUT2D eigenvalue weighted by atomic mass is 32.1. The molecule has 0 saturated heterocycles. The third-order valence-electron chi connectivity index (χ3n) is 13.6. The molecule has 320 valence electrons. The Morgan fingerprint density at radius 2 is 0.667 bits per heavy atom. The van der Waals surface area contributed by atoms with Crippen LogP contribution in [0.25, 0.3) is 22.3 Å². The molecular weight excluding hydrogens is 765 g/mol. The average Bonchev–Trinajstić information content (AvgIpc) is 3.30. The van der Waals surface area contributed by atoms with Crippen molar-refractivity contribution in [1.29, 1.82) is 0 Å². The van der Waals surface area contributed by atoms with E-state index in [1.165, 1.54) is 187 Å². The van der Waals surface area contributed by atoms with Crippen LogP contribution in [-0.2, 0) is 0 Å². The first-order valence-corrected chi connectivity index (χ1v) is 25.0. The summed E-state index contributed by atoms with van der Waals surface area (Å²) in [7, 11) is 0. The molecule has 0 N–H and O–H groups in total. The van der Waals surface area contributed by atoms with Gasteiger partial charge in [-0.2, -0.15) is 9.98 Å². The predicted octanol–water partition coefficient (Wildman–Crippen LogP) is 19.0. The smallest absolute Gasteiger partial charge is 0.0739 e. The molecule has 0 amide bonds. The van der Waals surface area contributed by atoms with Crippen LogP contribution in [0.4, 0.5) is 11.4 Å². The monoisotopic (exact) mass is 839 g/mol. The van der Waals surface area contributed by atoms with E-state index in [4.69, 9.17) is 0 Å². The van der Waals surface area contributed by atoms with Crippen LogP contribution < -0.4 is 0 Å². The summed E-state index contributed by atoms with van der Waals surface area (Å²) in [6.07, 6.45) is 34.1. The minimum absolute atomic E-state index is 0.753. The lowest BCUT2D eigenvalue weighted by Gasteiger charge is -2.29. The molecule has 2 aliphatic carbocycles. The van der Waals surface area contributed by atoms with E-state index in [2.05, 4.69) is 131 Å². The second-order valence-electron chi connectivity index (χ2n) is 18.0. The number of rotatable bonds is 22. The fraction of sp³-hybridized carbons (Fsp3) is 0.536. The lowest BCUT2D eigenvalue weighted by Crippen LogP contribution is -2.13. The van der Waals surface area contributed by atoms with Gasteiger partial charge in [0.25, 0.3) is 0 Å². The molecule has 0 unspecified atom stereocenters. The molecule has 0 spiro atoms. The third kappa shape index (κ3) is 16.7. The summed E-state index contributed by atoms with van der Waals surface area (Å²) in [5.74, 6) is 3.46. The van der Waals surface area contributed by atoms with Crippen molar-refractivity contribution < 1.29 is 0 Å². The number of aliphatic imine (C=N–C) groups is 2. The molecule has 2 nitrogen and oxygen atoms in total. The maximum Gasteiger partial charge on any atom is 0.0739 e. The molecular formula is C56H74N2S2. The van der Waals surface area contributed by atoms with Gasteiger partial charge in [0, 0.05) is 0 Å². The fourth-order valence-electron chi connectivity index (χ4n) is 9.81. The Balaban J connectivity index is 0.000000228. The van der Waals surface area contributed by atoms with Gasteiger partial charge < -0.3 is 0 Å². The van der Waals surface area contributed by atoms with Gasteiger partial charge in [0.1, 0.15) is 0 Å². The summed E-state index contributed by atoms with van der Waals surface area (Å²) in [6, 6.07) is 34.9. The van der Waals surface area contributed by atoms with Crippen LogP contribution in [-0.4, -0.2) is 10.3 Å². The van der Waals surface area contributed by atoms with Crippen molar-refractivity contribution in [2.45, 2.75) is 180 Å². The molecule has 2 fully saturated rings. The highest BCUT2D eigenvalue weighted by Crippen LogP contribution is 2.40. The molecule has 4 heteroatoms. The number of unbranched alkanes of at least 4 members (excludes halogenated alkanes) is 12. The maximum absolute atomic E-state index is 4.67. The first-order chi connectivity index (χ1) is 29.6. The lowest BCUT2D eigenvalue weighted by molar-refractivity contribution is 0.302. The number of nitrogens with zero attached hydrogens (tertiary/aromatic N) is 2. The Morgan fingerprint density at radius 1 is 0.383 bits per heavy atom. The zero-order valence-electron chi connectivity index (χ0n) is 37.2. The summed E-state index contributed by atoms with van der Waals surface area (Å²) in [4.78, 5) is 8.05. The van der Waals surface area contributed by atoms with E-state index in [0.29, 0.717) is 0 Å². The molecule has 0 radical (unpaired) electrons. The minimum Gasteiger partial charge on any atom is -0.195 e. The molecule has 2 saturated carbocycles. The third-order valence-corrected chi connectivity index (χ3v) is 13.8. The van der Waals surface area contributed by atoms with Crippen molar-refractivity contribution >= 4 is 46.1 Å². The highest BCUT2D eigenvalue weighted by Gasteiger charge is 2.23. The van der Waals surface area contributed by atoms with E-state index >= 15 is 0 Å². The molecule has 4 aromatic rings. The zero-order valence-corrected chi connectivity index (χ0v) is 38.9. The number of hydrogen-bond donors (Lipinski definition) is 0. The molecule has 6 rings (SSSR count). The van der Waals surface area contributed by atoms with E-state index in [9.17, 15) is 0 Å². The van der Waals surface area contributed by atoms with E-state index in [1.54, 1.807) is 0 Å². The highest BCUT2D eigenvalue weighted by molar-refractivity contribution is 7.78. The van der Waals surface area contributed by atoms with E-state index < -0.39 is 0 Å². The van der Waals surface area contributed by atoms with Crippen LogP contribution in [0.15, 0.2) is 107 Å². The lowest BCUT2D eigenvalue weighted by atomic mass is 9.77. The Kier molecular flexibility index (Phi) is 22.3. The normalized spacial score (nSPS) is 18.7. The van der Waals surface area contributed by atoms with Gasteiger partial charge in [0.2, 0.25) is 0 Å². The number of isothiocyanates is 2. The summed E-state index contributed by atoms with van der Waals surface area (Å²) in [5, 5.41) is 4.84. The Labute approximate surface area is 376 Å². The van der Waals surface area contributed by atoms with E-state index in [1.807, 2.05) is 24.3 Å². The molecule has 60 heavy (non-hydrogen) atoms. The Morgan fingerprint density at radius 3 is 0.967 bits per heavy atom. The summed E-state index contributed by atoms with van der Waals surface area (Å²) < 4.78 is 0. The minimum atomic E-state index is 0.753. The number of hydrogen-bond acceptors (Lipinski definition) is 4. The molecule has 4 aromatic carbocycles. The van der Waals surface area contributed by atoms with Crippen LogP contribution in [0.3, 0.4) is 0 Å². The fourth-order valence-corrected chi connectivity index (χ4v) is 10.0. The van der Waals surface area contributed by atoms with Crippen molar-refractivity contribution in [2.75, 3.05) is 0 Å². The standard InChI is InChI=1S/C29H39NS.C27H35NS/c1-2-3-4-5-6-7-8-9-10-24-11-13-25(14-12-24)26-15-17-27(18-16-26)28-19-21-29(22-20-28)30-23-31;1-2-3-4-5-6-7-8-22-9-11-23(12-10-22)24-13-15-25(16-14-24)26-17-19-27(20-18-26)28-21-29/h15-22,24-25H,2-14H2,1H3;13-20,22-23H,2-12H2,1H3. The first-order valence-electron chi connectivity index (χ1n) is 24.2. The van der Waals surface area contributed by atoms with Gasteiger partial charge in [-0.1, -0.05) is 189 Å². The van der Waals surface area contributed by atoms with Crippen LogP contribution in [0.5, 0.6) is 0 Å². The van der Waals surface area contributed by atoms with Gasteiger partial charge in [-0.05, 0) is 157 Å². The second kappa shape index (κ2) is 28.2. The molecule has 0 atom stereocenters. The number of thiocarbonyl (C=S) groups is 2. The summed E-state index contributed by atoms with van der Waals surface area (Å²) >= 11 is 9.34. The Hall–Kier alpha value is -3.52. The van der Waals surface area contributed by atoms with Gasteiger partial charge in [-0.25, -0.2) is 0 Å². The van der Waals surface area contributed by atoms with E-state index in [-0.39, 0.29) is 0 Å². The topological polar surface area (TPSA) is 24.7 Å². The zero-order chi connectivity index (χ0) is 42.0. The second-order valence-corrected chi connectivity index (χ2v) is 18.4. The van der Waals surface area contributed by atoms with Gasteiger partial charge in [-0.15, -0.1) is 0 Å². The van der Waals surface area contributed by atoms with Crippen LogP contribution in [0.2, 0.25) is 0 Å². The number of benzene rings is 4. The quantitative estimate of drug-likeness (QED) is 0.0447. The molecule has 0 aliphatic heterocycles. The molecule has 2 aliphatic rings. The van der Waals surface area contributed by atoms with Crippen molar-refractivity contribution in [3.8, 4) is 22.3 Å². The van der Waals surface area contributed by atoms with Gasteiger partial charge in [0.05, 0.1) is 21.7 Å². The SMILES string of the molecule is CCCCCCCCC1CCC(c2ccc(-c3ccc(N=C=S)cc3)cc2)CC1.CCCCCCCCCCC1CCC(c2ccc(-c3ccc(N=C=S)cc3)cc2)CC1. The van der Waals surface area contributed by atoms with Crippen LogP contribution >= 0.6 is 24.4 Å². The predicted molar refractivity (Wildman–Crippen MR) is 268 cm³/mol.